The van der Waals surface area contributed by atoms with Gasteiger partial charge in [0.05, 0.1) is 26.6 Å². The molecule has 0 aliphatic carbocycles. The van der Waals surface area contributed by atoms with Gasteiger partial charge in [-0.2, -0.15) is 10.4 Å². The number of aromatic nitrogens is 2. The molecule has 2 rings (SSSR count). The van der Waals surface area contributed by atoms with Crippen molar-refractivity contribution in [2.45, 2.75) is 26.2 Å². The van der Waals surface area contributed by atoms with Crippen molar-refractivity contribution in [3.05, 3.63) is 44.8 Å². The number of carboxylic acids is 1. The lowest BCUT2D eigenvalue weighted by molar-refractivity contribution is 0.0689. The first-order chi connectivity index (χ1) is 9.75. The lowest BCUT2D eigenvalue weighted by atomic mass is 9.91. The number of carbonyl (C=O) groups is 1. The van der Waals surface area contributed by atoms with E-state index in [1.165, 1.54) is 0 Å². The molecule has 0 aliphatic heterocycles. The summed E-state index contributed by atoms with van der Waals surface area (Å²) in [6.45, 7) is 6.04. The molecule has 1 heterocycles. The largest absolute Gasteiger partial charge is 0.476 e. The van der Waals surface area contributed by atoms with E-state index in [0.717, 1.165) is 11.4 Å². The summed E-state index contributed by atoms with van der Waals surface area (Å²) in [5.41, 5.74) is 1.92. The molecule has 5 nitrogen and oxygen atoms in total. The predicted octanol–water partition coefficient (Wildman–Crippen LogP) is 3.34. The molecule has 0 fully saturated rings. The van der Waals surface area contributed by atoms with E-state index in [9.17, 15) is 9.90 Å². The molecule has 0 aliphatic rings. The highest BCUT2D eigenvalue weighted by Gasteiger charge is 2.29. The van der Waals surface area contributed by atoms with Crippen LogP contribution in [0.1, 0.15) is 42.5 Å². The first kappa shape index (κ1) is 15.5. The SMILES string of the molecule is CC(C)(C)c1c(I)c(C(=O)O)nn1-c1ccc(C#N)cc1. The third-order valence-electron chi connectivity index (χ3n) is 2.98. The van der Waals surface area contributed by atoms with Crippen molar-refractivity contribution in [1.29, 1.82) is 5.26 Å². The number of rotatable bonds is 2. The van der Waals surface area contributed by atoms with E-state index in [-0.39, 0.29) is 11.1 Å². The summed E-state index contributed by atoms with van der Waals surface area (Å²) in [5.74, 6) is -1.04. The Bertz CT molecular complexity index is 734. The molecule has 1 aromatic heterocycles. The summed E-state index contributed by atoms with van der Waals surface area (Å²) < 4.78 is 2.28. The van der Waals surface area contributed by atoms with Gasteiger partial charge in [-0.25, -0.2) is 9.48 Å². The number of benzene rings is 1. The number of carboxylic acid groups (broad SMARTS) is 1. The van der Waals surface area contributed by atoms with Crippen molar-refractivity contribution in [3.8, 4) is 11.8 Å². The Morgan fingerprint density at radius 1 is 1.33 bits per heavy atom. The first-order valence-corrected chi connectivity index (χ1v) is 7.36. The Morgan fingerprint density at radius 3 is 2.33 bits per heavy atom. The maximum atomic E-state index is 11.3. The van der Waals surface area contributed by atoms with Gasteiger partial charge < -0.3 is 5.11 Å². The summed E-state index contributed by atoms with van der Waals surface area (Å²) in [7, 11) is 0. The Morgan fingerprint density at radius 2 is 1.90 bits per heavy atom. The van der Waals surface area contributed by atoms with Gasteiger partial charge in [-0.15, -0.1) is 0 Å². The van der Waals surface area contributed by atoms with Crippen molar-refractivity contribution < 1.29 is 9.90 Å². The van der Waals surface area contributed by atoms with Crippen molar-refractivity contribution >= 4 is 28.6 Å². The van der Waals surface area contributed by atoms with Gasteiger partial charge in [0.15, 0.2) is 5.69 Å². The van der Waals surface area contributed by atoms with E-state index in [2.05, 4.69) is 11.2 Å². The number of nitriles is 1. The van der Waals surface area contributed by atoms with Crippen molar-refractivity contribution in [2.75, 3.05) is 0 Å². The standard InChI is InChI=1S/C15H14IN3O2/c1-15(2,3)13-11(16)12(14(20)21)18-19(13)10-6-4-9(8-17)5-7-10/h4-7H,1-3H3,(H,20,21). The lowest BCUT2D eigenvalue weighted by Gasteiger charge is -2.21. The third-order valence-corrected chi connectivity index (χ3v) is 4.00. The number of hydrogen-bond acceptors (Lipinski definition) is 3. The Kier molecular flexibility index (Phi) is 4.05. The summed E-state index contributed by atoms with van der Waals surface area (Å²) in [4.78, 5) is 11.3. The van der Waals surface area contributed by atoms with Crippen LogP contribution in [-0.2, 0) is 5.41 Å². The van der Waals surface area contributed by atoms with Gasteiger partial charge in [0.2, 0.25) is 0 Å². The fraction of sp³-hybridized carbons (Fsp3) is 0.267. The molecule has 0 amide bonds. The summed E-state index contributed by atoms with van der Waals surface area (Å²) in [5, 5.41) is 22.4. The van der Waals surface area contributed by atoms with Gasteiger partial charge >= 0.3 is 5.97 Å². The summed E-state index contributed by atoms with van der Waals surface area (Å²) in [6.07, 6.45) is 0. The van der Waals surface area contributed by atoms with E-state index in [4.69, 9.17) is 5.26 Å². The monoisotopic (exact) mass is 395 g/mol. The second kappa shape index (κ2) is 5.48. The smallest absolute Gasteiger partial charge is 0.357 e. The van der Waals surface area contributed by atoms with Crippen LogP contribution in [-0.4, -0.2) is 20.9 Å². The topological polar surface area (TPSA) is 78.9 Å². The zero-order valence-corrected chi connectivity index (χ0v) is 14.0. The van der Waals surface area contributed by atoms with E-state index in [0.29, 0.717) is 9.13 Å². The molecule has 1 aromatic carbocycles. The van der Waals surface area contributed by atoms with Gasteiger partial charge in [0, 0.05) is 5.41 Å². The maximum absolute atomic E-state index is 11.3. The van der Waals surface area contributed by atoms with Crippen LogP contribution in [0.4, 0.5) is 0 Å². The van der Waals surface area contributed by atoms with Crippen molar-refractivity contribution in [2.24, 2.45) is 0 Å². The van der Waals surface area contributed by atoms with Crippen LogP contribution in [0, 0.1) is 14.9 Å². The van der Waals surface area contributed by atoms with E-state index < -0.39 is 5.97 Å². The van der Waals surface area contributed by atoms with Gasteiger partial charge in [-0.05, 0) is 46.9 Å². The molecule has 0 saturated carbocycles. The molecule has 0 bridgehead atoms. The Hall–Kier alpha value is -1.88. The second-order valence-corrected chi connectivity index (χ2v) is 6.72. The van der Waals surface area contributed by atoms with Crippen LogP contribution in [0.25, 0.3) is 5.69 Å². The molecule has 21 heavy (non-hydrogen) atoms. The molecule has 6 heteroatoms. The highest BCUT2D eigenvalue weighted by molar-refractivity contribution is 14.1. The molecule has 0 spiro atoms. The fourth-order valence-electron chi connectivity index (χ4n) is 2.05. The average molecular weight is 395 g/mol. The van der Waals surface area contributed by atoms with Crippen LogP contribution < -0.4 is 0 Å². The van der Waals surface area contributed by atoms with E-state index in [1.807, 2.05) is 43.4 Å². The number of aromatic carboxylic acids is 1. The van der Waals surface area contributed by atoms with Gasteiger partial charge in [-0.3, -0.25) is 0 Å². The quantitative estimate of drug-likeness (QED) is 0.792. The van der Waals surface area contributed by atoms with Crippen LogP contribution in [0.15, 0.2) is 24.3 Å². The molecule has 0 saturated heterocycles. The minimum atomic E-state index is -1.04. The number of nitrogens with zero attached hydrogens (tertiary/aromatic N) is 3. The normalized spacial score (nSPS) is 11.2. The fourth-order valence-corrected chi connectivity index (χ4v) is 3.42. The second-order valence-electron chi connectivity index (χ2n) is 5.64. The lowest BCUT2D eigenvalue weighted by Crippen LogP contribution is -2.18. The first-order valence-electron chi connectivity index (χ1n) is 6.28. The zero-order chi connectivity index (χ0) is 15.8. The minimum absolute atomic E-state index is 0.0462. The minimum Gasteiger partial charge on any atom is -0.476 e. The molecule has 1 N–H and O–H groups in total. The van der Waals surface area contributed by atoms with Crippen LogP contribution in [0.3, 0.4) is 0 Å². The molecule has 2 aromatic rings. The van der Waals surface area contributed by atoms with E-state index in [1.54, 1.807) is 28.9 Å². The molecule has 0 atom stereocenters. The zero-order valence-electron chi connectivity index (χ0n) is 11.9. The molecule has 0 radical (unpaired) electrons. The average Bonchev–Trinajstić information content (AvgIpc) is 2.76. The Labute approximate surface area is 136 Å². The summed E-state index contributed by atoms with van der Waals surface area (Å²) in [6, 6.07) is 8.98. The number of hydrogen-bond donors (Lipinski definition) is 1. The molecular weight excluding hydrogens is 381 g/mol. The third kappa shape index (κ3) is 2.93. The van der Waals surface area contributed by atoms with Crippen molar-refractivity contribution in [3.63, 3.8) is 0 Å². The molecule has 108 valence electrons. The van der Waals surface area contributed by atoms with Gasteiger partial charge in [0.1, 0.15) is 0 Å². The van der Waals surface area contributed by atoms with E-state index >= 15 is 0 Å². The number of halogens is 1. The highest BCUT2D eigenvalue weighted by atomic mass is 127. The summed E-state index contributed by atoms with van der Waals surface area (Å²) >= 11 is 2.03. The molecule has 0 unspecified atom stereocenters. The highest BCUT2D eigenvalue weighted by Crippen LogP contribution is 2.31. The van der Waals surface area contributed by atoms with Crippen LogP contribution >= 0.6 is 22.6 Å². The van der Waals surface area contributed by atoms with Crippen LogP contribution in [0.2, 0.25) is 0 Å². The Balaban J connectivity index is 2.70. The molecular formula is C15H14IN3O2. The predicted molar refractivity (Wildman–Crippen MR) is 86.7 cm³/mol. The van der Waals surface area contributed by atoms with Crippen molar-refractivity contribution in [1.82, 2.24) is 9.78 Å². The van der Waals surface area contributed by atoms with Crippen LogP contribution in [0.5, 0.6) is 0 Å². The van der Waals surface area contributed by atoms with Gasteiger partial charge in [0.25, 0.3) is 0 Å². The van der Waals surface area contributed by atoms with Gasteiger partial charge in [-0.1, -0.05) is 20.8 Å². The maximum Gasteiger partial charge on any atom is 0.357 e.